The van der Waals surface area contributed by atoms with Gasteiger partial charge in [-0.25, -0.2) is 14.2 Å². The van der Waals surface area contributed by atoms with E-state index in [0.717, 1.165) is 38.0 Å². The third kappa shape index (κ3) is 4.76. The number of aromatic nitrogens is 2. The molecule has 2 N–H and O–H groups in total. The molecule has 2 aliphatic rings. The molecule has 0 bridgehead atoms. The Morgan fingerprint density at radius 1 is 1.39 bits per heavy atom. The lowest BCUT2D eigenvalue weighted by molar-refractivity contribution is -0.127. The van der Waals surface area contributed by atoms with Crippen molar-refractivity contribution in [3.05, 3.63) is 57.4 Å². The molecule has 0 spiro atoms. The van der Waals surface area contributed by atoms with E-state index in [1.165, 1.54) is 12.3 Å². The fraction of sp³-hybridized carbons (Fsp3) is 0.478. The molecule has 1 aromatic heterocycles. The molecule has 7 nitrogen and oxygen atoms in total. The number of aromatic amines is 1. The second-order valence-corrected chi connectivity index (χ2v) is 8.56. The molecule has 1 amide bonds. The van der Waals surface area contributed by atoms with Crippen LogP contribution in [0.15, 0.2) is 29.2 Å². The zero-order valence-electron chi connectivity index (χ0n) is 17.5. The van der Waals surface area contributed by atoms with Gasteiger partial charge in [-0.3, -0.25) is 9.78 Å². The van der Waals surface area contributed by atoms with Gasteiger partial charge in [0.2, 0.25) is 5.91 Å². The van der Waals surface area contributed by atoms with Crippen LogP contribution in [0, 0.1) is 41.8 Å². The van der Waals surface area contributed by atoms with Gasteiger partial charge in [-0.1, -0.05) is 6.07 Å². The van der Waals surface area contributed by atoms with E-state index in [1.54, 1.807) is 19.1 Å². The summed E-state index contributed by atoms with van der Waals surface area (Å²) in [5, 5.41) is 12.0. The van der Waals surface area contributed by atoms with Crippen molar-refractivity contribution in [2.75, 3.05) is 18.0 Å². The third-order valence-electron chi connectivity index (χ3n) is 6.37. The molecule has 8 heteroatoms. The van der Waals surface area contributed by atoms with Crippen LogP contribution in [-0.4, -0.2) is 29.0 Å². The Morgan fingerprint density at radius 2 is 2.19 bits per heavy atom. The van der Waals surface area contributed by atoms with Gasteiger partial charge in [0.15, 0.2) is 0 Å². The minimum atomic E-state index is -0.476. The number of rotatable bonds is 6. The molecule has 1 unspecified atom stereocenters. The predicted molar refractivity (Wildman–Crippen MR) is 114 cm³/mol. The number of amides is 1. The molecule has 162 valence electrons. The number of nitrogens with zero attached hydrogens (tertiary/aromatic N) is 3. The molecular weight excluding hydrogens is 397 g/mol. The lowest BCUT2D eigenvalue weighted by Gasteiger charge is -2.37. The monoisotopic (exact) mass is 423 g/mol. The van der Waals surface area contributed by atoms with E-state index in [9.17, 15) is 14.0 Å². The highest BCUT2D eigenvalue weighted by atomic mass is 19.1. The van der Waals surface area contributed by atoms with Crippen LogP contribution in [0.5, 0.6) is 0 Å². The minimum absolute atomic E-state index is 0.0426. The molecule has 2 atom stereocenters. The number of anilines is 1. The molecule has 2 fully saturated rings. The Morgan fingerprint density at radius 3 is 2.90 bits per heavy atom. The summed E-state index contributed by atoms with van der Waals surface area (Å²) in [6, 6.07) is 6.61. The molecule has 31 heavy (non-hydrogen) atoms. The Hall–Kier alpha value is -3.21. The summed E-state index contributed by atoms with van der Waals surface area (Å²) in [5.74, 6) is 0.614. The second-order valence-electron chi connectivity index (χ2n) is 8.56. The number of benzene rings is 1. The molecule has 1 saturated heterocycles. The molecule has 1 aliphatic heterocycles. The van der Waals surface area contributed by atoms with Crippen molar-refractivity contribution in [1.29, 1.82) is 5.26 Å². The number of H-pyrrole nitrogens is 1. The summed E-state index contributed by atoms with van der Waals surface area (Å²) in [6.45, 7) is 3.38. The van der Waals surface area contributed by atoms with E-state index in [-0.39, 0.29) is 30.0 Å². The number of piperidine rings is 1. The first kappa shape index (κ1) is 21.0. The van der Waals surface area contributed by atoms with Gasteiger partial charge in [0.05, 0.1) is 11.6 Å². The van der Waals surface area contributed by atoms with Gasteiger partial charge in [0, 0.05) is 37.3 Å². The average Bonchev–Trinajstić information content (AvgIpc) is 3.59. The van der Waals surface area contributed by atoms with Gasteiger partial charge in [0.1, 0.15) is 11.6 Å². The molecule has 2 heterocycles. The van der Waals surface area contributed by atoms with Gasteiger partial charge in [-0.05, 0) is 62.1 Å². The highest BCUT2D eigenvalue weighted by molar-refractivity contribution is 5.79. The third-order valence-corrected chi connectivity index (χ3v) is 6.37. The number of carbonyl (C=O) groups is 1. The number of nitriles is 1. The Balaban J connectivity index is 1.45. The maximum absolute atomic E-state index is 14.3. The van der Waals surface area contributed by atoms with Crippen molar-refractivity contribution in [2.45, 2.75) is 39.2 Å². The molecule has 2 aromatic rings. The normalized spacial score (nSPS) is 19.5. The van der Waals surface area contributed by atoms with Crippen LogP contribution >= 0.6 is 0 Å². The molecule has 0 radical (unpaired) electrons. The van der Waals surface area contributed by atoms with Crippen molar-refractivity contribution in [2.24, 2.45) is 17.8 Å². The first-order valence-electron chi connectivity index (χ1n) is 10.7. The number of hydrogen-bond acceptors (Lipinski definition) is 5. The Bertz CT molecular complexity index is 1070. The molecular formula is C23H26FN5O2. The SMILES string of the molecule is Cc1cc(CNC(=O)C(C2CC2)[C@@H]2CCCN(c3ccnc(=O)[nH]3)C2)c(F)cc1C#N. The molecule has 1 aromatic carbocycles. The van der Waals surface area contributed by atoms with Crippen LogP contribution < -0.4 is 15.9 Å². The van der Waals surface area contributed by atoms with Crippen LogP contribution in [-0.2, 0) is 11.3 Å². The minimum Gasteiger partial charge on any atom is -0.358 e. The van der Waals surface area contributed by atoms with Crippen LogP contribution in [0.4, 0.5) is 10.2 Å². The van der Waals surface area contributed by atoms with E-state index in [1.807, 2.05) is 6.07 Å². The van der Waals surface area contributed by atoms with Gasteiger partial charge in [0.25, 0.3) is 0 Å². The summed E-state index contributed by atoms with van der Waals surface area (Å²) in [4.78, 5) is 33.3. The number of aryl methyl sites for hydroxylation is 1. The van der Waals surface area contributed by atoms with Crippen molar-refractivity contribution < 1.29 is 9.18 Å². The lowest BCUT2D eigenvalue weighted by atomic mass is 9.81. The van der Waals surface area contributed by atoms with Gasteiger partial charge >= 0.3 is 5.69 Å². The molecule has 1 aliphatic carbocycles. The zero-order valence-corrected chi connectivity index (χ0v) is 17.5. The fourth-order valence-corrected chi connectivity index (χ4v) is 4.63. The highest BCUT2D eigenvalue weighted by Gasteiger charge is 2.42. The fourth-order valence-electron chi connectivity index (χ4n) is 4.63. The Labute approximate surface area is 180 Å². The van der Waals surface area contributed by atoms with Gasteiger partial charge in [-0.2, -0.15) is 5.26 Å². The quantitative estimate of drug-likeness (QED) is 0.744. The van der Waals surface area contributed by atoms with Gasteiger partial charge in [-0.15, -0.1) is 0 Å². The maximum Gasteiger partial charge on any atom is 0.346 e. The number of carbonyl (C=O) groups excluding carboxylic acids is 1. The van der Waals surface area contributed by atoms with E-state index < -0.39 is 5.82 Å². The standard InChI is InChI=1S/C23H26FN5O2/c1-14-9-18(19(24)10-17(14)11-25)12-27-22(30)21(15-4-5-15)16-3-2-8-29(13-16)20-6-7-26-23(31)28-20/h6-7,9-10,15-16,21H,2-5,8,12-13H2,1H3,(H,27,30)(H,26,28,31)/t16-,21?/m1/s1. The summed E-state index contributed by atoms with van der Waals surface area (Å²) in [5.41, 5.74) is 1.01. The number of halogens is 1. The summed E-state index contributed by atoms with van der Waals surface area (Å²) in [7, 11) is 0. The highest BCUT2D eigenvalue weighted by Crippen LogP contribution is 2.43. The topological polar surface area (TPSA) is 102 Å². The van der Waals surface area contributed by atoms with Crippen molar-refractivity contribution in [3.8, 4) is 6.07 Å². The number of nitrogens with one attached hydrogen (secondary N) is 2. The first-order chi connectivity index (χ1) is 15.0. The Kier molecular flexibility index (Phi) is 6.03. The smallest absolute Gasteiger partial charge is 0.346 e. The second kappa shape index (κ2) is 8.88. The predicted octanol–water partition coefficient (Wildman–Crippen LogP) is 2.65. The molecule has 4 rings (SSSR count). The maximum atomic E-state index is 14.3. The van der Waals surface area contributed by atoms with Crippen molar-refractivity contribution >= 4 is 11.7 Å². The van der Waals surface area contributed by atoms with Crippen molar-refractivity contribution in [3.63, 3.8) is 0 Å². The van der Waals surface area contributed by atoms with Crippen LogP contribution in [0.1, 0.15) is 42.4 Å². The van der Waals surface area contributed by atoms with E-state index in [2.05, 4.69) is 20.2 Å². The zero-order chi connectivity index (χ0) is 22.0. The summed E-state index contributed by atoms with van der Waals surface area (Å²) < 4.78 is 14.3. The van der Waals surface area contributed by atoms with E-state index in [0.29, 0.717) is 29.2 Å². The van der Waals surface area contributed by atoms with Crippen LogP contribution in [0.25, 0.3) is 0 Å². The summed E-state index contributed by atoms with van der Waals surface area (Å²) >= 11 is 0. The largest absolute Gasteiger partial charge is 0.358 e. The number of hydrogen-bond donors (Lipinski definition) is 2. The molecule has 1 saturated carbocycles. The van der Waals surface area contributed by atoms with E-state index in [4.69, 9.17) is 5.26 Å². The van der Waals surface area contributed by atoms with Gasteiger partial charge < -0.3 is 10.2 Å². The van der Waals surface area contributed by atoms with E-state index >= 15 is 0 Å². The lowest BCUT2D eigenvalue weighted by Crippen LogP contribution is -2.45. The average molecular weight is 423 g/mol. The van der Waals surface area contributed by atoms with Crippen molar-refractivity contribution in [1.82, 2.24) is 15.3 Å². The summed E-state index contributed by atoms with van der Waals surface area (Å²) in [6.07, 6.45) is 5.45. The first-order valence-corrected chi connectivity index (χ1v) is 10.7. The van der Waals surface area contributed by atoms with Crippen LogP contribution in [0.2, 0.25) is 0 Å². The van der Waals surface area contributed by atoms with Crippen LogP contribution in [0.3, 0.4) is 0 Å².